The second kappa shape index (κ2) is 5.70. The van der Waals surface area contributed by atoms with Crippen molar-refractivity contribution in [3.63, 3.8) is 0 Å². The van der Waals surface area contributed by atoms with Crippen molar-refractivity contribution in [1.29, 1.82) is 0 Å². The van der Waals surface area contributed by atoms with Crippen molar-refractivity contribution in [3.05, 3.63) is 51.5 Å². The number of benzene rings is 1. The lowest BCUT2D eigenvalue weighted by Crippen LogP contribution is -2.03. The zero-order valence-corrected chi connectivity index (χ0v) is 10.9. The molecule has 0 aliphatic heterocycles. The summed E-state index contributed by atoms with van der Waals surface area (Å²) in [4.78, 5) is 22.3. The summed E-state index contributed by atoms with van der Waals surface area (Å²) in [5.74, 6) is -3.13. The Hall–Kier alpha value is -2.41. The highest BCUT2D eigenvalue weighted by molar-refractivity contribution is 7.10. The van der Waals surface area contributed by atoms with E-state index >= 15 is 0 Å². The van der Waals surface area contributed by atoms with E-state index < -0.39 is 23.3 Å². The summed E-state index contributed by atoms with van der Waals surface area (Å²) < 4.78 is 13.2. The molecule has 0 fully saturated rings. The van der Waals surface area contributed by atoms with Gasteiger partial charge >= 0.3 is 11.9 Å². The first-order valence-corrected chi connectivity index (χ1v) is 6.43. The first-order chi connectivity index (χ1) is 9.47. The van der Waals surface area contributed by atoms with E-state index in [1.165, 1.54) is 34.9 Å². The van der Waals surface area contributed by atoms with E-state index in [2.05, 4.69) is 5.32 Å². The maximum absolute atomic E-state index is 13.2. The maximum atomic E-state index is 13.2. The number of aromatic carboxylic acids is 2. The molecule has 3 N–H and O–H groups in total. The number of hydrogen-bond acceptors (Lipinski definition) is 4. The topological polar surface area (TPSA) is 86.6 Å². The molecule has 1 heterocycles. The molecule has 2 aromatic rings. The van der Waals surface area contributed by atoms with E-state index in [-0.39, 0.29) is 5.56 Å². The fourth-order valence-corrected chi connectivity index (χ4v) is 2.37. The Morgan fingerprint density at radius 3 is 2.55 bits per heavy atom. The Morgan fingerprint density at radius 1 is 1.20 bits per heavy atom. The van der Waals surface area contributed by atoms with E-state index in [1.54, 1.807) is 0 Å². The Bertz CT molecular complexity index is 668. The molecule has 2 rings (SSSR count). The number of hydrogen-bond donors (Lipinski definition) is 3. The summed E-state index contributed by atoms with van der Waals surface area (Å²) >= 11 is 1.28. The van der Waals surface area contributed by atoms with Crippen molar-refractivity contribution in [2.45, 2.75) is 6.54 Å². The first-order valence-electron chi connectivity index (χ1n) is 5.55. The van der Waals surface area contributed by atoms with Gasteiger partial charge in [-0.25, -0.2) is 14.0 Å². The van der Waals surface area contributed by atoms with Gasteiger partial charge in [0, 0.05) is 22.5 Å². The van der Waals surface area contributed by atoms with Gasteiger partial charge in [-0.15, -0.1) is 11.3 Å². The van der Waals surface area contributed by atoms with Gasteiger partial charge in [0.15, 0.2) is 0 Å². The summed E-state index contributed by atoms with van der Waals surface area (Å²) in [6, 6.07) is 5.22. The molecule has 0 saturated heterocycles. The molecule has 0 aliphatic rings. The van der Waals surface area contributed by atoms with Crippen LogP contribution >= 0.6 is 11.3 Å². The summed E-state index contributed by atoms with van der Waals surface area (Å²) in [7, 11) is 0. The minimum absolute atomic E-state index is 0.206. The number of thiophene rings is 1. The molecule has 0 atom stereocenters. The predicted octanol–water partition coefficient (Wildman–Crippen LogP) is 2.90. The first kappa shape index (κ1) is 14.0. The second-order valence-corrected chi connectivity index (χ2v) is 4.96. The predicted molar refractivity (Wildman–Crippen MR) is 72.0 cm³/mol. The molecule has 0 radical (unpaired) electrons. The number of carboxylic acids is 2. The van der Waals surface area contributed by atoms with Gasteiger partial charge in [-0.3, -0.25) is 0 Å². The maximum Gasteiger partial charge on any atom is 0.338 e. The van der Waals surface area contributed by atoms with Crippen molar-refractivity contribution in [2.24, 2.45) is 0 Å². The second-order valence-electron chi connectivity index (χ2n) is 3.96. The number of rotatable bonds is 5. The summed E-state index contributed by atoms with van der Waals surface area (Å²) in [6.07, 6.45) is 0. The Kier molecular flexibility index (Phi) is 3.99. The SMILES string of the molecule is O=C(O)c1csc(CNc2ccc(F)c(C(=O)O)c2)c1. The Labute approximate surface area is 117 Å². The van der Waals surface area contributed by atoms with Crippen LogP contribution in [0.4, 0.5) is 10.1 Å². The van der Waals surface area contributed by atoms with Gasteiger partial charge in [0.2, 0.25) is 0 Å². The van der Waals surface area contributed by atoms with Crippen LogP contribution in [0.1, 0.15) is 25.6 Å². The van der Waals surface area contributed by atoms with Crippen molar-refractivity contribution < 1.29 is 24.2 Å². The Balaban J connectivity index is 2.08. The van der Waals surface area contributed by atoms with Crippen LogP contribution in [-0.2, 0) is 6.54 Å². The molecule has 20 heavy (non-hydrogen) atoms. The number of carbonyl (C=O) groups is 2. The smallest absolute Gasteiger partial charge is 0.338 e. The fourth-order valence-electron chi connectivity index (χ4n) is 1.57. The average Bonchev–Trinajstić information content (AvgIpc) is 2.86. The van der Waals surface area contributed by atoms with Gasteiger partial charge in [0.25, 0.3) is 0 Å². The molecular weight excluding hydrogens is 285 g/mol. The van der Waals surface area contributed by atoms with Crippen LogP contribution in [0, 0.1) is 5.82 Å². The minimum atomic E-state index is -1.34. The van der Waals surface area contributed by atoms with Crippen molar-refractivity contribution in [3.8, 4) is 0 Å². The fraction of sp³-hybridized carbons (Fsp3) is 0.0769. The summed E-state index contributed by atoms with van der Waals surface area (Å²) in [6.45, 7) is 0.336. The van der Waals surface area contributed by atoms with E-state index in [0.29, 0.717) is 12.2 Å². The third-order valence-corrected chi connectivity index (χ3v) is 3.50. The van der Waals surface area contributed by atoms with Crippen molar-refractivity contribution in [1.82, 2.24) is 0 Å². The van der Waals surface area contributed by atoms with Crippen molar-refractivity contribution in [2.75, 3.05) is 5.32 Å². The molecule has 104 valence electrons. The van der Waals surface area contributed by atoms with Crippen LogP contribution in [0.25, 0.3) is 0 Å². The molecule has 0 bridgehead atoms. The van der Waals surface area contributed by atoms with E-state index in [9.17, 15) is 14.0 Å². The van der Waals surface area contributed by atoms with Gasteiger partial charge in [-0.2, -0.15) is 0 Å². The van der Waals surface area contributed by atoms with E-state index in [1.807, 2.05) is 0 Å². The Morgan fingerprint density at radius 2 is 1.95 bits per heavy atom. The highest BCUT2D eigenvalue weighted by Gasteiger charge is 2.11. The molecule has 0 spiro atoms. The molecule has 1 aromatic carbocycles. The lowest BCUT2D eigenvalue weighted by atomic mass is 10.2. The van der Waals surface area contributed by atoms with Crippen LogP contribution in [0.5, 0.6) is 0 Å². The van der Waals surface area contributed by atoms with Gasteiger partial charge in [0.1, 0.15) is 5.82 Å². The highest BCUT2D eigenvalue weighted by Crippen LogP contribution is 2.19. The summed E-state index contributed by atoms with van der Waals surface area (Å²) in [5, 5.41) is 22.0. The average molecular weight is 295 g/mol. The van der Waals surface area contributed by atoms with Gasteiger partial charge < -0.3 is 15.5 Å². The lowest BCUT2D eigenvalue weighted by Gasteiger charge is -2.06. The quantitative estimate of drug-likeness (QED) is 0.789. The van der Waals surface area contributed by atoms with Crippen LogP contribution in [0.3, 0.4) is 0 Å². The zero-order valence-electron chi connectivity index (χ0n) is 10.1. The normalized spacial score (nSPS) is 10.2. The molecule has 0 aliphatic carbocycles. The molecule has 0 unspecified atom stereocenters. The number of halogens is 1. The number of carboxylic acid groups (broad SMARTS) is 2. The highest BCUT2D eigenvalue weighted by atomic mass is 32.1. The molecule has 5 nitrogen and oxygen atoms in total. The minimum Gasteiger partial charge on any atom is -0.478 e. The molecular formula is C13H10FNO4S. The molecule has 0 amide bonds. The van der Waals surface area contributed by atoms with Crippen molar-refractivity contribution >= 4 is 29.0 Å². The van der Waals surface area contributed by atoms with E-state index in [4.69, 9.17) is 10.2 Å². The van der Waals surface area contributed by atoms with Crippen LogP contribution in [0.2, 0.25) is 0 Å². The third kappa shape index (κ3) is 3.12. The standard InChI is InChI=1S/C13H10FNO4S/c14-11-2-1-8(4-10(11)13(18)19)15-5-9-3-7(6-20-9)12(16)17/h1-4,6,15H,5H2,(H,16,17)(H,18,19). The number of anilines is 1. The van der Waals surface area contributed by atoms with Crippen LogP contribution in [-0.4, -0.2) is 22.2 Å². The lowest BCUT2D eigenvalue weighted by molar-refractivity contribution is 0.0683. The van der Waals surface area contributed by atoms with Gasteiger partial charge in [-0.1, -0.05) is 0 Å². The zero-order chi connectivity index (χ0) is 14.7. The molecule has 1 aromatic heterocycles. The molecule has 0 saturated carbocycles. The van der Waals surface area contributed by atoms with Crippen LogP contribution < -0.4 is 5.32 Å². The van der Waals surface area contributed by atoms with Gasteiger partial charge in [0.05, 0.1) is 11.1 Å². The van der Waals surface area contributed by atoms with E-state index in [0.717, 1.165) is 10.9 Å². The monoisotopic (exact) mass is 295 g/mol. The largest absolute Gasteiger partial charge is 0.478 e. The third-order valence-electron chi connectivity index (χ3n) is 2.56. The number of nitrogens with one attached hydrogen (secondary N) is 1. The molecule has 7 heteroatoms. The van der Waals surface area contributed by atoms with Crippen LogP contribution in [0.15, 0.2) is 29.6 Å². The van der Waals surface area contributed by atoms with Gasteiger partial charge in [-0.05, 0) is 24.3 Å². The summed E-state index contributed by atoms with van der Waals surface area (Å²) in [5.41, 5.74) is 0.249.